The summed E-state index contributed by atoms with van der Waals surface area (Å²) in [5.41, 5.74) is 5.63. The zero-order valence-electron chi connectivity index (χ0n) is 3.07. The van der Waals surface area contributed by atoms with Gasteiger partial charge in [0.2, 0.25) is 0 Å². The number of hydrazine groups is 1. The van der Waals surface area contributed by atoms with E-state index >= 15 is 0 Å². The van der Waals surface area contributed by atoms with Crippen LogP contribution >= 0.6 is 22.6 Å². The SMILES string of the molecule is IC1NNCO1. The van der Waals surface area contributed by atoms with Crippen molar-refractivity contribution in [2.75, 3.05) is 6.73 Å². The molecule has 4 heteroatoms. The molecule has 1 fully saturated rings. The molecule has 0 radical (unpaired) electrons. The highest BCUT2D eigenvalue weighted by molar-refractivity contribution is 14.1. The first-order valence-electron chi connectivity index (χ1n) is 1.63. The van der Waals surface area contributed by atoms with Gasteiger partial charge in [0.05, 0.1) is 0 Å². The molecule has 0 spiro atoms. The Morgan fingerprint density at radius 1 is 1.83 bits per heavy atom. The number of ether oxygens (including phenoxy) is 1. The van der Waals surface area contributed by atoms with Crippen LogP contribution in [-0.4, -0.2) is 11.0 Å². The first-order chi connectivity index (χ1) is 2.89. The number of nitrogens with one attached hydrogen (secondary N) is 2. The fourth-order valence-electron chi connectivity index (χ4n) is 0.278. The summed E-state index contributed by atoms with van der Waals surface area (Å²) in [5.74, 6) is 0. The summed E-state index contributed by atoms with van der Waals surface area (Å²) in [4.78, 5) is 0. The molecule has 0 saturated carbocycles. The van der Waals surface area contributed by atoms with Gasteiger partial charge in [-0.3, -0.25) is 0 Å². The molecule has 0 aromatic rings. The molecule has 1 aliphatic heterocycles. The molecule has 1 rings (SSSR count). The Kier molecular flexibility index (Phi) is 1.63. The third kappa shape index (κ3) is 1.04. The van der Waals surface area contributed by atoms with Crippen LogP contribution in [0.3, 0.4) is 0 Å². The average molecular weight is 200 g/mol. The van der Waals surface area contributed by atoms with Crippen molar-refractivity contribution in [3.8, 4) is 0 Å². The van der Waals surface area contributed by atoms with Gasteiger partial charge in [0, 0.05) is 0 Å². The van der Waals surface area contributed by atoms with Crippen molar-refractivity contribution in [2.24, 2.45) is 0 Å². The van der Waals surface area contributed by atoms with Crippen molar-refractivity contribution in [3.63, 3.8) is 0 Å². The van der Waals surface area contributed by atoms with Gasteiger partial charge in [0.25, 0.3) is 0 Å². The molecule has 3 nitrogen and oxygen atoms in total. The Bertz CT molecular complexity index is 44.8. The predicted octanol–water partition coefficient (Wildman–Crippen LogP) is -0.213. The first kappa shape index (κ1) is 4.76. The van der Waals surface area contributed by atoms with Crippen LogP contribution in [0.4, 0.5) is 0 Å². The van der Waals surface area contributed by atoms with E-state index in [-0.39, 0.29) is 4.23 Å². The van der Waals surface area contributed by atoms with E-state index in [1.807, 2.05) is 0 Å². The molecular weight excluding hydrogens is 195 g/mol. The molecule has 0 amide bonds. The minimum Gasteiger partial charge on any atom is -0.336 e. The van der Waals surface area contributed by atoms with E-state index in [2.05, 4.69) is 33.4 Å². The smallest absolute Gasteiger partial charge is 0.174 e. The third-order valence-corrected chi connectivity index (χ3v) is 1.19. The fourth-order valence-corrected chi connectivity index (χ4v) is 0.678. The van der Waals surface area contributed by atoms with Crippen molar-refractivity contribution in [2.45, 2.75) is 4.23 Å². The van der Waals surface area contributed by atoms with Crippen LogP contribution in [0.5, 0.6) is 0 Å². The molecule has 1 heterocycles. The summed E-state index contributed by atoms with van der Waals surface area (Å²) >= 11 is 2.14. The van der Waals surface area contributed by atoms with E-state index in [9.17, 15) is 0 Å². The summed E-state index contributed by atoms with van der Waals surface area (Å²) in [6.07, 6.45) is 0. The maximum Gasteiger partial charge on any atom is 0.174 e. The van der Waals surface area contributed by atoms with Gasteiger partial charge >= 0.3 is 0 Å². The first-order valence-corrected chi connectivity index (χ1v) is 2.88. The quantitative estimate of drug-likeness (QED) is 0.322. The highest BCUT2D eigenvalue weighted by Gasteiger charge is 2.06. The molecule has 2 N–H and O–H groups in total. The van der Waals surface area contributed by atoms with E-state index in [1.54, 1.807) is 0 Å². The van der Waals surface area contributed by atoms with Crippen LogP contribution in [0.1, 0.15) is 0 Å². The molecule has 36 valence electrons. The lowest BCUT2D eigenvalue weighted by atomic mass is 11.3. The second-order valence-corrected chi connectivity index (χ2v) is 2.08. The number of hydrogen-bond acceptors (Lipinski definition) is 3. The van der Waals surface area contributed by atoms with Crippen molar-refractivity contribution in [3.05, 3.63) is 0 Å². The van der Waals surface area contributed by atoms with Crippen molar-refractivity contribution in [1.82, 2.24) is 10.9 Å². The molecule has 1 unspecified atom stereocenters. The standard InChI is InChI=1S/C2H5IN2O/c3-2-5-4-1-6-2/h2,4-5H,1H2. The minimum absolute atomic E-state index is 0.155. The second-order valence-electron chi connectivity index (χ2n) is 0.948. The van der Waals surface area contributed by atoms with Gasteiger partial charge in [0.15, 0.2) is 4.23 Å². The fraction of sp³-hybridized carbons (Fsp3) is 1.00. The molecule has 0 aromatic heterocycles. The van der Waals surface area contributed by atoms with Crippen molar-refractivity contribution < 1.29 is 4.74 Å². The van der Waals surface area contributed by atoms with Gasteiger partial charge in [-0.25, -0.2) is 10.9 Å². The van der Waals surface area contributed by atoms with Crippen molar-refractivity contribution >= 4 is 22.6 Å². The lowest BCUT2D eigenvalue weighted by molar-refractivity contribution is 0.175. The number of hydrogen-bond donors (Lipinski definition) is 2. The van der Waals surface area contributed by atoms with Crippen LogP contribution in [-0.2, 0) is 4.74 Å². The molecule has 1 atom stereocenters. The van der Waals surface area contributed by atoms with Crippen LogP contribution < -0.4 is 10.9 Å². The molecule has 0 aromatic carbocycles. The lowest BCUT2D eigenvalue weighted by Gasteiger charge is -1.91. The van der Waals surface area contributed by atoms with E-state index < -0.39 is 0 Å². The number of alkyl halides is 1. The summed E-state index contributed by atoms with van der Waals surface area (Å²) < 4.78 is 5.07. The average Bonchev–Trinajstić information content (AvgIpc) is 1.86. The summed E-state index contributed by atoms with van der Waals surface area (Å²) in [7, 11) is 0. The Morgan fingerprint density at radius 3 is 2.83 bits per heavy atom. The Morgan fingerprint density at radius 2 is 2.67 bits per heavy atom. The molecule has 1 saturated heterocycles. The monoisotopic (exact) mass is 200 g/mol. The molecule has 0 aliphatic carbocycles. The molecular formula is C2H5IN2O. The largest absolute Gasteiger partial charge is 0.336 e. The minimum atomic E-state index is 0.155. The highest BCUT2D eigenvalue weighted by Crippen LogP contribution is 1.98. The van der Waals surface area contributed by atoms with Crippen LogP contribution in [0, 0.1) is 0 Å². The lowest BCUT2D eigenvalue weighted by Crippen LogP contribution is -2.25. The third-order valence-electron chi connectivity index (χ3n) is 0.517. The Hall–Kier alpha value is 0.610. The molecule has 1 aliphatic rings. The maximum atomic E-state index is 4.92. The summed E-state index contributed by atoms with van der Waals surface area (Å²) in [5, 5.41) is 0. The maximum absolute atomic E-state index is 4.92. The zero-order valence-corrected chi connectivity index (χ0v) is 5.23. The van der Waals surface area contributed by atoms with Crippen molar-refractivity contribution in [1.29, 1.82) is 0 Å². The number of halogens is 1. The molecule has 6 heavy (non-hydrogen) atoms. The molecule has 0 bridgehead atoms. The van der Waals surface area contributed by atoms with Crippen LogP contribution in [0.15, 0.2) is 0 Å². The van der Waals surface area contributed by atoms with E-state index in [0.717, 1.165) is 0 Å². The number of rotatable bonds is 0. The van der Waals surface area contributed by atoms with Crippen LogP contribution in [0.2, 0.25) is 0 Å². The van der Waals surface area contributed by atoms with E-state index in [0.29, 0.717) is 6.73 Å². The van der Waals surface area contributed by atoms with E-state index in [4.69, 9.17) is 4.74 Å². The Balaban J connectivity index is 2.18. The van der Waals surface area contributed by atoms with Gasteiger partial charge in [-0.15, -0.1) is 0 Å². The predicted molar refractivity (Wildman–Crippen MR) is 30.0 cm³/mol. The topological polar surface area (TPSA) is 33.3 Å². The zero-order chi connectivity index (χ0) is 4.41. The van der Waals surface area contributed by atoms with Gasteiger partial charge in [0.1, 0.15) is 6.73 Å². The van der Waals surface area contributed by atoms with Gasteiger partial charge < -0.3 is 4.74 Å². The van der Waals surface area contributed by atoms with Gasteiger partial charge in [-0.2, -0.15) is 0 Å². The van der Waals surface area contributed by atoms with Gasteiger partial charge in [-0.05, 0) is 22.6 Å². The Labute approximate surface area is 49.5 Å². The normalized spacial score (nSPS) is 34.5. The van der Waals surface area contributed by atoms with Crippen LogP contribution in [0.25, 0.3) is 0 Å². The summed E-state index contributed by atoms with van der Waals surface area (Å²) in [6.45, 7) is 0.619. The van der Waals surface area contributed by atoms with Gasteiger partial charge in [-0.1, -0.05) is 0 Å². The summed E-state index contributed by atoms with van der Waals surface area (Å²) in [6, 6.07) is 0. The highest BCUT2D eigenvalue weighted by atomic mass is 127. The van der Waals surface area contributed by atoms with E-state index in [1.165, 1.54) is 0 Å². The second kappa shape index (κ2) is 2.06.